The van der Waals surface area contributed by atoms with Crippen LogP contribution in [0, 0.1) is 11.8 Å². The quantitative estimate of drug-likeness (QED) is 0.623. The Bertz CT molecular complexity index is 400. The van der Waals surface area contributed by atoms with Crippen molar-refractivity contribution >= 4 is 11.8 Å². The minimum atomic E-state index is -0.379. The predicted octanol–water partition coefficient (Wildman–Crippen LogP) is 4.84. The molecule has 0 radical (unpaired) electrons. The number of rotatable bonds is 10. The fourth-order valence-corrected chi connectivity index (χ4v) is 3.64. The van der Waals surface area contributed by atoms with E-state index in [4.69, 9.17) is 0 Å². The van der Waals surface area contributed by atoms with E-state index in [1.165, 1.54) is 11.3 Å². The molecule has 1 N–H and O–H groups in total. The van der Waals surface area contributed by atoms with Gasteiger partial charge < -0.3 is 10.0 Å². The first-order valence-corrected chi connectivity index (χ1v) is 9.59. The molecule has 2 unspecified atom stereocenters. The number of benzene rings is 1. The number of hydrogen-bond donors (Lipinski definition) is 1. The van der Waals surface area contributed by atoms with Gasteiger partial charge >= 0.3 is 0 Å². The van der Waals surface area contributed by atoms with Crippen LogP contribution in [0.25, 0.3) is 0 Å². The lowest BCUT2D eigenvalue weighted by molar-refractivity contribution is 0.0910. The van der Waals surface area contributed by atoms with Crippen LogP contribution in [0.3, 0.4) is 0 Å². The van der Waals surface area contributed by atoms with Gasteiger partial charge in [0.05, 0.1) is 6.10 Å². The highest BCUT2D eigenvalue weighted by Gasteiger charge is 2.18. The molecule has 0 spiro atoms. The van der Waals surface area contributed by atoms with Gasteiger partial charge in [-0.05, 0) is 54.8 Å². The monoisotopic (exact) mass is 323 g/mol. The van der Waals surface area contributed by atoms with Crippen LogP contribution in [0.1, 0.15) is 52.7 Å². The van der Waals surface area contributed by atoms with E-state index in [9.17, 15) is 5.11 Å². The van der Waals surface area contributed by atoms with Crippen molar-refractivity contribution in [2.45, 2.75) is 52.0 Å². The molecular weight excluding hydrogens is 290 g/mol. The zero-order valence-corrected chi connectivity index (χ0v) is 15.7. The van der Waals surface area contributed by atoms with Crippen molar-refractivity contribution in [2.24, 2.45) is 11.8 Å². The number of thioether (sulfide) groups is 1. The van der Waals surface area contributed by atoms with Gasteiger partial charge in [-0.1, -0.05) is 46.8 Å². The second-order valence-corrected chi connectivity index (χ2v) is 7.68. The Labute approximate surface area is 141 Å². The summed E-state index contributed by atoms with van der Waals surface area (Å²) in [6.45, 7) is 14.0. The molecule has 0 bridgehead atoms. The number of aliphatic hydroxyl groups is 1. The molecule has 126 valence electrons. The number of aliphatic hydroxyl groups excluding tert-OH is 1. The third-order valence-electron chi connectivity index (χ3n) is 4.17. The average molecular weight is 324 g/mol. The molecule has 0 saturated carbocycles. The van der Waals surface area contributed by atoms with E-state index in [1.807, 2.05) is 11.8 Å². The average Bonchev–Trinajstić information content (AvgIpc) is 2.52. The minimum absolute atomic E-state index is 0.249. The Balaban J connectivity index is 2.53. The maximum Gasteiger partial charge on any atom is 0.0827 e. The first kappa shape index (κ1) is 19.5. The van der Waals surface area contributed by atoms with E-state index < -0.39 is 0 Å². The summed E-state index contributed by atoms with van der Waals surface area (Å²) in [5, 5.41) is 10.5. The molecule has 0 aliphatic heterocycles. The molecule has 22 heavy (non-hydrogen) atoms. The van der Waals surface area contributed by atoms with Gasteiger partial charge in [0.2, 0.25) is 0 Å². The maximum atomic E-state index is 10.5. The number of nitrogens with zero attached hydrogens (tertiary/aromatic N) is 1. The molecule has 0 saturated heterocycles. The summed E-state index contributed by atoms with van der Waals surface area (Å²) in [5.74, 6) is 2.17. The molecular formula is C19H33NOS. The third-order valence-corrected chi connectivity index (χ3v) is 5.21. The summed E-state index contributed by atoms with van der Waals surface area (Å²) < 4.78 is 0. The van der Waals surface area contributed by atoms with E-state index >= 15 is 0 Å². The molecule has 3 heteroatoms. The molecule has 0 fully saturated rings. The topological polar surface area (TPSA) is 23.5 Å². The Morgan fingerprint density at radius 3 is 2.14 bits per heavy atom. The zero-order chi connectivity index (χ0) is 16.5. The zero-order valence-electron chi connectivity index (χ0n) is 14.9. The van der Waals surface area contributed by atoms with Crippen LogP contribution in [-0.4, -0.2) is 35.4 Å². The molecule has 0 heterocycles. The smallest absolute Gasteiger partial charge is 0.0827 e. The highest BCUT2D eigenvalue weighted by atomic mass is 32.2. The Morgan fingerprint density at radius 1 is 1.05 bits per heavy atom. The van der Waals surface area contributed by atoms with E-state index in [0.717, 1.165) is 36.9 Å². The maximum absolute atomic E-state index is 10.5. The fraction of sp³-hybridized carbons (Fsp3) is 0.684. The van der Waals surface area contributed by atoms with Crippen LogP contribution in [-0.2, 0) is 0 Å². The second-order valence-electron chi connectivity index (χ2n) is 6.51. The molecule has 2 nitrogen and oxygen atoms in total. The van der Waals surface area contributed by atoms with Crippen molar-refractivity contribution in [2.75, 3.05) is 25.4 Å². The van der Waals surface area contributed by atoms with Gasteiger partial charge in [-0.2, -0.15) is 0 Å². The standard InChI is InChI=1S/C19H33NOS/c1-6-20(7-2)14-16(5)19(21)17-8-10-18(11-9-17)22-13-12-15(3)4/h8-11,15-16,19,21H,6-7,12-14H2,1-5H3. The van der Waals surface area contributed by atoms with Gasteiger partial charge in [0.1, 0.15) is 0 Å². The highest BCUT2D eigenvalue weighted by molar-refractivity contribution is 7.99. The predicted molar refractivity (Wildman–Crippen MR) is 98.5 cm³/mol. The van der Waals surface area contributed by atoms with Crippen molar-refractivity contribution in [3.05, 3.63) is 29.8 Å². The molecule has 1 rings (SSSR count). The van der Waals surface area contributed by atoms with Crippen molar-refractivity contribution < 1.29 is 5.11 Å². The normalized spacial score (nSPS) is 14.5. The first-order valence-electron chi connectivity index (χ1n) is 8.61. The summed E-state index contributed by atoms with van der Waals surface area (Å²) >= 11 is 1.91. The van der Waals surface area contributed by atoms with Crippen LogP contribution in [0.4, 0.5) is 0 Å². The minimum Gasteiger partial charge on any atom is -0.388 e. The van der Waals surface area contributed by atoms with Gasteiger partial charge in [0.25, 0.3) is 0 Å². The Hall–Kier alpha value is -0.510. The fourth-order valence-electron chi connectivity index (χ4n) is 2.49. The summed E-state index contributed by atoms with van der Waals surface area (Å²) in [6, 6.07) is 8.46. The molecule has 0 aliphatic rings. The summed E-state index contributed by atoms with van der Waals surface area (Å²) in [6.07, 6.45) is 0.867. The second kappa shape index (κ2) is 10.3. The lowest BCUT2D eigenvalue weighted by atomic mass is 9.97. The third kappa shape index (κ3) is 6.72. The van der Waals surface area contributed by atoms with E-state index in [-0.39, 0.29) is 12.0 Å². The van der Waals surface area contributed by atoms with Crippen LogP contribution in [0.5, 0.6) is 0 Å². The molecule has 0 aliphatic carbocycles. The first-order chi connectivity index (χ1) is 10.5. The van der Waals surface area contributed by atoms with Crippen molar-refractivity contribution in [3.8, 4) is 0 Å². The SMILES string of the molecule is CCN(CC)CC(C)C(O)c1ccc(SCCC(C)C)cc1. The van der Waals surface area contributed by atoms with Crippen LogP contribution < -0.4 is 0 Å². The molecule has 0 amide bonds. The summed E-state index contributed by atoms with van der Waals surface area (Å²) in [7, 11) is 0. The van der Waals surface area contributed by atoms with Gasteiger partial charge in [-0.25, -0.2) is 0 Å². The highest BCUT2D eigenvalue weighted by Crippen LogP contribution is 2.26. The van der Waals surface area contributed by atoms with E-state index in [1.54, 1.807) is 0 Å². The van der Waals surface area contributed by atoms with Gasteiger partial charge in [-0.15, -0.1) is 11.8 Å². The van der Waals surface area contributed by atoms with E-state index in [2.05, 4.69) is 63.8 Å². The van der Waals surface area contributed by atoms with Crippen molar-refractivity contribution in [3.63, 3.8) is 0 Å². The van der Waals surface area contributed by atoms with Crippen LogP contribution in [0.2, 0.25) is 0 Å². The van der Waals surface area contributed by atoms with Crippen molar-refractivity contribution in [1.29, 1.82) is 0 Å². The van der Waals surface area contributed by atoms with Crippen LogP contribution >= 0.6 is 11.8 Å². The Kier molecular flexibility index (Phi) is 9.15. The molecule has 1 aromatic carbocycles. The van der Waals surface area contributed by atoms with Gasteiger partial charge in [0.15, 0.2) is 0 Å². The van der Waals surface area contributed by atoms with Crippen LogP contribution in [0.15, 0.2) is 29.2 Å². The molecule has 2 atom stereocenters. The lowest BCUT2D eigenvalue weighted by Crippen LogP contribution is -2.30. The van der Waals surface area contributed by atoms with E-state index in [0.29, 0.717) is 0 Å². The van der Waals surface area contributed by atoms with Gasteiger partial charge in [0, 0.05) is 11.4 Å². The molecule has 0 aromatic heterocycles. The largest absolute Gasteiger partial charge is 0.388 e. The van der Waals surface area contributed by atoms with Gasteiger partial charge in [-0.3, -0.25) is 0 Å². The summed E-state index contributed by atoms with van der Waals surface area (Å²) in [4.78, 5) is 3.66. The molecule has 1 aromatic rings. The van der Waals surface area contributed by atoms with Crippen molar-refractivity contribution in [1.82, 2.24) is 4.90 Å². The Morgan fingerprint density at radius 2 is 1.64 bits per heavy atom. The lowest BCUT2D eigenvalue weighted by Gasteiger charge is -2.26. The number of hydrogen-bond acceptors (Lipinski definition) is 3. The summed E-state index contributed by atoms with van der Waals surface area (Å²) in [5.41, 5.74) is 1.04.